The van der Waals surface area contributed by atoms with Gasteiger partial charge in [0.05, 0.1) is 24.9 Å². The number of carbonyl (C=O) groups excluding carboxylic acids is 1. The molecule has 2 fully saturated rings. The van der Waals surface area contributed by atoms with Gasteiger partial charge in [0.25, 0.3) is 0 Å². The average Bonchev–Trinajstić information content (AvgIpc) is 2.72. The maximum Gasteiger partial charge on any atom is 0.338 e. The third kappa shape index (κ3) is 2.72. The number of ether oxygens (including phenoxy) is 3. The van der Waals surface area contributed by atoms with Crippen LogP contribution in [0.1, 0.15) is 49.2 Å². The fraction of sp³-hybridized carbons (Fsp3) is 0.480. The summed E-state index contributed by atoms with van der Waals surface area (Å²) in [7, 11) is 0. The predicted molar refractivity (Wildman–Crippen MR) is 110 cm³/mol. The number of hydrogen-bond donors (Lipinski definition) is 0. The Morgan fingerprint density at radius 3 is 2.62 bits per heavy atom. The quantitative estimate of drug-likeness (QED) is 0.686. The molecule has 2 heterocycles. The van der Waals surface area contributed by atoms with Crippen LogP contribution in [-0.2, 0) is 9.47 Å². The predicted octanol–water partition coefficient (Wildman–Crippen LogP) is 5.04. The monoisotopic (exact) mass is 392 g/mol. The molecular weight excluding hydrogens is 364 g/mol. The molecule has 0 unspecified atom stereocenters. The third-order valence-corrected chi connectivity index (χ3v) is 7.75. The smallest absolute Gasteiger partial charge is 0.338 e. The Bertz CT molecular complexity index is 925. The highest BCUT2D eigenvalue weighted by Crippen LogP contribution is 2.63. The Labute approximate surface area is 172 Å². The van der Waals surface area contributed by atoms with Crippen molar-refractivity contribution in [3.8, 4) is 5.75 Å². The zero-order chi connectivity index (χ0) is 20.2. The van der Waals surface area contributed by atoms with Crippen molar-refractivity contribution in [1.82, 2.24) is 0 Å². The first kappa shape index (κ1) is 18.7. The van der Waals surface area contributed by atoms with E-state index < -0.39 is 0 Å². The Kier molecular flexibility index (Phi) is 4.25. The van der Waals surface area contributed by atoms with Crippen LogP contribution in [0, 0.1) is 23.2 Å². The van der Waals surface area contributed by atoms with Crippen molar-refractivity contribution in [1.29, 1.82) is 0 Å². The SMILES string of the molecule is C[C@H]1C[C@@]2(C)Oc3ccccc3[C@H]3OC[C@]1(COC(=O)c1ccccc1)[C@@H](C)[C@H]32. The second-order valence-electron chi connectivity index (χ2n) is 9.28. The second-order valence-corrected chi connectivity index (χ2v) is 9.28. The van der Waals surface area contributed by atoms with Gasteiger partial charge < -0.3 is 14.2 Å². The molecule has 0 amide bonds. The molecule has 0 aromatic heterocycles. The molecule has 4 nitrogen and oxygen atoms in total. The summed E-state index contributed by atoms with van der Waals surface area (Å²) in [5.74, 6) is 1.54. The molecule has 2 aliphatic heterocycles. The van der Waals surface area contributed by atoms with E-state index >= 15 is 0 Å². The van der Waals surface area contributed by atoms with Gasteiger partial charge in [0, 0.05) is 16.9 Å². The van der Waals surface area contributed by atoms with E-state index in [0.717, 1.165) is 17.7 Å². The molecule has 2 bridgehead atoms. The molecule has 0 radical (unpaired) electrons. The Balaban J connectivity index is 1.44. The summed E-state index contributed by atoms with van der Waals surface area (Å²) < 4.78 is 18.9. The number of carbonyl (C=O) groups is 1. The number of esters is 1. The lowest BCUT2D eigenvalue weighted by Gasteiger charge is -2.63. The summed E-state index contributed by atoms with van der Waals surface area (Å²) in [6.45, 7) is 7.75. The maximum atomic E-state index is 12.6. The standard InChI is InChI=1S/C25H28O4/c1-16-13-24(3)21-17(2)25(16,15-28-23(26)18-9-5-4-6-10-18)14-27-22(21)19-11-7-8-12-20(19)29-24/h4-12,16-17,21-22H,13-15H2,1-3H3/t16-,17-,21+,22+,24+,25+/m0/s1. The molecule has 6 atom stereocenters. The topological polar surface area (TPSA) is 44.8 Å². The van der Waals surface area contributed by atoms with Crippen LogP contribution in [0.15, 0.2) is 54.6 Å². The first-order valence-electron chi connectivity index (χ1n) is 10.6. The minimum Gasteiger partial charge on any atom is -0.487 e. The summed E-state index contributed by atoms with van der Waals surface area (Å²) in [6.07, 6.45) is 0.962. The summed E-state index contributed by atoms with van der Waals surface area (Å²) in [6, 6.07) is 17.4. The van der Waals surface area contributed by atoms with Crippen LogP contribution >= 0.6 is 0 Å². The number of benzene rings is 2. The maximum absolute atomic E-state index is 12.6. The molecule has 4 heteroatoms. The normalized spacial score (nSPS) is 37.2. The minimum absolute atomic E-state index is 0.0328. The number of para-hydroxylation sites is 1. The van der Waals surface area contributed by atoms with E-state index in [4.69, 9.17) is 14.2 Å². The van der Waals surface area contributed by atoms with Crippen LogP contribution in [0.3, 0.4) is 0 Å². The summed E-state index contributed by atoms with van der Waals surface area (Å²) >= 11 is 0. The average molecular weight is 392 g/mol. The van der Waals surface area contributed by atoms with Gasteiger partial charge in [0.2, 0.25) is 0 Å². The zero-order valence-corrected chi connectivity index (χ0v) is 17.3. The van der Waals surface area contributed by atoms with Crippen LogP contribution in [-0.4, -0.2) is 24.8 Å². The van der Waals surface area contributed by atoms with Gasteiger partial charge in [-0.1, -0.05) is 50.2 Å². The van der Waals surface area contributed by atoms with E-state index in [9.17, 15) is 4.79 Å². The van der Waals surface area contributed by atoms with Gasteiger partial charge in [-0.3, -0.25) is 0 Å². The van der Waals surface area contributed by atoms with E-state index in [0.29, 0.717) is 30.6 Å². The Morgan fingerprint density at radius 2 is 1.83 bits per heavy atom. The van der Waals surface area contributed by atoms with Crippen molar-refractivity contribution in [2.45, 2.75) is 38.9 Å². The molecular formula is C25H28O4. The Morgan fingerprint density at radius 1 is 1.10 bits per heavy atom. The van der Waals surface area contributed by atoms with Crippen LogP contribution in [0.2, 0.25) is 0 Å². The molecule has 1 saturated heterocycles. The van der Waals surface area contributed by atoms with Gasteiger partial charge in [-0.15, -0.1) is 0 Å². The molecule has 0 spiro atoms. The first-order valence-corrected chi connectivity index (χ1v) is 10.6. The molecule has 2 aromatic carbocycles. The molecule has 152 valence electrons. The van der Waals surface area contributed by atoms with Gasteiger partial charge in [0.15, 0.2) is 0 Å². The molecule has 0 N–H and O–H groups in total. The third-order valence-electron chi connectivity index (χ3n) is 7.75. The summed E-state index contributed by atoms with van der Waals surface area (Å²) in [4.78, 5) is 12.6. The Hall–Kier alpha value is -2.33. The number of fused-ring (bicyclic) bond motifs is 3. The zero-order valence-electron chi connectivity index (χ0n) is 17.3. The first-order chi connectivity index (χ1) is 13.9. The lowest BCUT2D eigenvalue weighted by atomic mass is 9.50. The summed E-state index contributed by atoms with van der Waals surface area (Å²) in [5.41, 5.74) is 1.27. The lowest BCUT2D eigenvalue weighted by Crippen LogP contribution is -2.66. The van der Waals surface area contributed by atoms with Gasteiger partial charge in [0.1, 0.15) is 11.4 Å². The van der Waals surface area contributed by atoms with Crippen molar-refractivity contribution < 1.29 is 19.0 Å². The van der Waals surface area contributed by atoms with E-state index in [2.05, 4.69) is 26.8 Å². The molecule has 1 saturated carbocycles. The van der Waals surface area contributed by atoms with E-state index in [-0.39, 0.29) is 29.0 Å². The van der Waals surface area contributed by atoms with E-state index in [1.165, 1.54) is 0 Å². The molecule has 5 rings (SSSR count). The highest BCUT2D eigenvalue weighted by atomic mass is 16.5. The molecule has 2 aromatic rings. The van der Waals surface area contributed by atoms with Crippen molar-refractivity contribution in [3.05, 3.63) is 65.7 Å². The van der Waals surface area contributed by atoms with Crippen molar-refractivity contribution in [3.63, 3.8) is 0 Å². The fourth-order valence-corrected chi connectivity index (χ4v) is 6.11. The van der Waals surface area contributed by atoms with Crippen molar-refractivity contribution in [2.75, 3.05) is 13.2 Å². The highest BCUT2D eigenvalue weighted by molar-refractivity contribution is 5.89. The van der Waals surface area contributed by atoms with Crippen molar-refractivity contribution >= 4 is 5.97 Å². The second kappa shape index (κ2) is 6.60. The highest BCUT2D eigenvalue weighted by Gasteiger charge is 2.64. The van der Waals surface area contributed by atoms with Gasteiger partial charge in [-0.2, -0.15) is 0 Å². The van der Waals surface area contributed by atoms with Crippen LogP contribution < -0.4 is 4.74 Å². The summed E-state index contributed by atoms with van der Waals surface area (Å²) in [5, 5.41) is 0. The lowest BCUT2D eigenvalue weighted by molar-refractivity contribution is -0.259. The van der Waals surface area contributed by atoms with Crippen molar-refractivity contribution in [2.24, 2.45) is 23.2 Å². The minimum atomic E-state index is -0.273. The molecule has 29 heavy (non-hydrogen) atoms. The molecule has 3 aliphatic rings. The number of rotatable bonds is 3. The van der Waals surface area contributed by atoms with Gasteiger partial charge >= 0.3 is 5.97 Å². The van der Waals surface area contributed by atoms with Crippen LogP contribution in [0.5, 0.6) is 5.75 Å². The molecule has 1 aliphatic carbocycles. The van der Waals surface area contributed by atoms with Gasteiger partial charge in [-0.25, -0.2) is 4.79 Å². The number of hydrogen-bond acceptors (Lipinski definition) is 4. The largest absolute Gasteiger partial charge is 0.487 e. The fourth-order valence-electron chi connectivity index (χ4n) is 6.11. The van der Waals surface area contributed by atoms with Crippen LogP contribution in [0.4, 0.5) is 0 Å². The van der Waals surface area contributed by atoms with Crippen LogP contribution in [0.25, 0.3) is 0 Å². The van der Waals surface area contributed by atoms with Gasteiger partial charge in [-0.05, 0) is 43.4 Å². The van der Waals surface area contributed by atoms with E-state index in [1.807, 2.05) is 36.4 Å². The van der Waals surface area contributed by atoms with E-state index in [1.54, 1.807) is 12.1 Å².